The number of ether oxygens (including phenoxy) is 2. The van der Waals surface area contributed by atoms with Crippen molar-refractivity contribution in [2.24, 2.45) is 5.92 Å². The van der Waals surface area contributed by atoms with Gasteiger partial charge in [0.2, 0.25) is 5.91 Å². The predicted molar refractivity (Wildman–Crippen MR) is 154 cm³/mol. The highest BCUT2D eigenvalue weighted by Gasteiger charge is 2.30. The number of carbonyl (C=O) groups excluding carboxylic acids is 1. The first-order valence-electron chi connectivity index (χ1n) is 13.6. The minimum atomic E-state index is -0.399. The van der Waals surface area contributed by atoms with Crippen LogP contribution in [0.25, 0.3) is 0 Å². The summed E-state index contributed by atoms with van der Waals surface area (Å²) in [5.74, 6) is 2.82. The molecule has 0 spiro atoms. The smallest absolute Gasteiger partial charge is 0.238 e. The SMILES string of the molecule is O=C(CN(CC1CCCCC1)C(COc1ccccc1Cl)c1nn[nH]n1)Nc1ccc(Oc2ccccc2)cc1. The van der Waals surface area contributed by atoms with Crippen LogP contribution in [0.2, 0.25) is 5.02 Å². The van der Waals surface area contributed by atoms with Crippen molar-refractivity contribution in [2.45, 2.75) is 38.1 Å². The lowest BCUT2D eigenvalue weighted by atomic mass is 9.88. The van der Waals surface area contributed by atoms with Crippen LogP contribution >= 0.6 is 11.6 Å². The highest BCUT2D eigenvalue weighted by Crippen LogP contribution is 2.30. The van der Waals surface area contributed by atoms with Gasteiger partial charge in [0, 0.05) is 12.2 Å². The fourth-order valence-corrected chi connectivity index (χ4v) is 5.19. The predicted octanol–water partition coefficient (Wildman–Crippen LogP) is 6.29. The number of hydrogen-bond acceptors (Lipinski definition) is 7. The number of benzene rings is 3. The van der Waals surface area contributed by atoms with E-state index in [1.165, 1.54) is 19.3 Å². The molecular formula is C30H33ClN6O3. The van der Waals surface area contributed by atoms with E-state index in [4.69, 9.17) is 21.1 Å². The van der Waals surface area contributed by atoms with Gasteiger partial charge in [-0.3, -0.25) is 9.69 Å². The Kier molecular flexibility index (Phi) is 9.60. The lowest BCUT2D eigenvalue weighted by Gasteiger charge is -2.33. The molecule has 2 N–H and O–H groups in total. The van der Waals surface area contributed by atoms with Crippen LogP contribution in [0.3, 0.4) is 0 Å². The Labute approximate surface area is 238 Å². The zero-order valence-corrected chi connectivity index (χ0v) is 23.0. The van der Waals surface area contributed by atoms with Crippen LogP contribution < -0.4 is 14.8 Å². The molecule has 9 nitrogen and oxygen atoms in total. The van der Waals surface area contributed by atoms with Crippen LogP contribution in [0.15, 0.2) is 78.9 Å². The van der Waals surface area contributed by atoms with E-state index in [0.29, 0.717) is 34.0 Å². The Morgan fingerprint density at radius 3 is 2.42 bits per heavy atom. The normalized spacial score (nSPS) is 14.6. The van der Waals surface area contributed by atoms with Gasteiger partial charge in [-0.25, -0.2) is 0 Å². The number of amides is 1. The molecule has 208 valence electrons. The molecular weight excluding hydrogens is 528 g/mol. The molecule has 1 aliphatic carbocycles. The van der Waals surface area contributed by atoms with Gasteiger partial charge in [-0.2, -0.15) is 5.21 Å². The summed E-state index contributed by atoms with van der Waals surface area (Å²) in [4.78, 5) is 15.4. The Morgan fingerprint density at radius 2 is 1.70 bits per heavy atom. The van der Waals surface area contributed by atoms with Crippen molar-refractivity contribution in [1.82, 2.24) is 25.5 Å². The van der Waals surface area contributed by atoms with Crippen molar-refractivity contribution in [3.63, 3.8) is 0 Å². The van der Waals surface area contributed by atoms with Crippen molar-refractivity contribution in [2.75, 3.05) is 25.0 Å². The number of anilines is 1. The van der Waals surface area contributed by atoms with E-state index in [-0.39, 0.29) is 19.1 Å². The van der Waals surface area contributed by atoms with Crippen LogP contribution in [-0.4, -0.2) is 51.1 Å². The number of hydrogen-bond donors (Lipinski definition) is 2. The molecule has 1 heterocycles. The summed E-state index contributed by atoms with van der Waals surface area (Å²) in [6.45, 7) is 1.08. The first-order chi connectivity index (χ1) is 19.6. The number of nitrogens with zero attached hydrogens (tertiary/aromatic N) is 4. The van der Waals surface area contributed by atoms with Crippen molar-refractivity contribution >= 4 is 23.2 Å². The van der Waals surface area contributed by atoms with E-state index in [1.807, 2.05) is 72.8 Å². The van der Waals surface area contributed by atoms with Gasteiger partial charge in [-0.15, -0.1) is 10.2 Å². The van der Waals surface area contributed by atoms with Gasteiger partial charge in [0.1, 0.15) is 29.9 Å². The number of para-hydroxylation sites is 2. The molecule has 4 aromatic rings. The third kappa shape index (κ3) is 7.80. The van der Waals surface area contributed by atoms with Crippen LogP contribution in [0.4, 0.5) is 5.69 Å². The molecule has 1 amide bonds. The number of nitrogens with one attached hydrogen (secondary N) is 2. The lowest BCUT2D eigenvalue weighted by molar-refractivity contribution is -0.118. The number of aromatic amines is 1. The van der Waals surface area contributed by atoms with Crippen LogP contribution in [0.1, 0.15) is 44.0 Å². The van der Waals surface area contributed by atoms with E-state index in [1.54, 1.807) is 6.07 Å². The second-order valence-electron chi connectivity index (χ2n) is 9.95. The molecule has 1 aromatic heterocycles. The second-order valence-corrected chi connectivity index (χ2v) is 10.4. The lowest BCUT2D eigenvalue weighted by Crippen LogP contribution is -2.42. The first-order valence-corrected chi connectivity index (χ1v) is 14.0. The molecule has 1 fully saturated rings. The minimum Gasteiger partial charge on any atom is -0.490 e. The highest BCUT2D eigenvalue weighted by molar-refractivity contribution is 6.32. The van der Waals surface area contributed by atoms with Crippen molar-refractivity contribution in [1.29, 1.82) is 0 Å². The topological polar surface area (TPSA) is 105 Å². The molecule has 0 bridgehead atoms. The van der Waals surface area contributed by atoms with Gasteiger partial charge >= 0.3 is 0 Å². The zero-order chi connectivity index (χ0) is 27.6. The molecule has 1 aliphatic rings. The fourth-order valence-electron chi connectivity index (χ4n) is 5.00. The quantitative estimate of drug-likeness (QED) is 0.210. The first kappa shape index (κ1) is 27.6. The summed E-state index contributed by atoms with van der Waals surface area (Å²) in [6, 6.07) is 23.8. The molecule has 10 heteroatoms. The zero-order valence-electron chi connectivity index (χ0n) is 22.2. The Hall–Kier alpha value is -3.95. The number of tetrazole rings is 1. The Balaban J connectivity index is 1.29. The summed E-state index contributed by atoms with van der Waals surface area (Å²) >= 11 is 6.34. The average molecular weight is 561 g/mol. The standard InChI is InChI=1S/C30H33ClN6O3/c31-26-13-7-8-14-28(26)39-21-27(30-33-35-36-34-30)37(19-22-9-3-1-4-10-22)20-29(38)32-23-15-17-25(18-16-23)40-24-11-5-2-6-12-24/h2,5-8,11-18,22,27H,1,3-4,9-10,19-21H2,(H,32,38)(H,33,34,35,36). The van der Waals surface area contributed by atoms with Crippen molar-refractivity contribution in [3.05, 3.63) is 89.7 Å². The third-order valence-electron chi connectivity index (χ3n) is 7.02. The van der Waals surface area contributed by atoms with Gasteiger partial charge in [0.05, 0.1) is 11.6 Å². The van der Waals surface area contributed by atoms with Crippen molar-refractivity contribution in [3.8, 4) is 17.2 Å². The fraction of sp³-hybridized carbons (Fsp3) is 0.333. The van der Waals surface area contributed by atoms with E-state index in [2.05, 4.69) is 30.8 Å². The number of halogens is 1. The molecule has 0 aliphatic heterocycles. The van der Waals surface area contributed by atoms with E-state index < -0.39 is 6.04 Å². The van der Waals surface area contributed by atoms with Gasteiger partial charge in [-0.1, -0.05) is 66.4 Å². The van der Waals surface area contributed by atoms with E-state index in [9.17, 15) is 4.79 Å². The van der Waals surface area contributed by atoms with Crippen molar-refractivity contribution < 1.29 is 14.3 Å². The van der Waals surface area contributed by atoms with Gasteiger partial charge < -0.3 is 14.8 Å². The van der Waals surface area contributed by atoms with Gasteiger partial charge in [0.15, 0.2) is 5.82 Å². The average Bonchev–Trinajstić information content (AvgIpc) is 3.51. The summed E-state index contributed by atoms with van der Waals surface area (Å²) < 4.78 is 12.0. The monoisotopic (exact) mass is 560 g/mol. The van der Waals surface area contributed by atoms with Crippen LogP contribution in [0, 0.1) is 5.92 Å². The maximum atomic E-state index is 13.3. The van der Waals surface area contributed by atoms with E-state index in [0.717, 1.165) is 25.1 Å². The largest absolute Gasteiger partial charge is 0.490 e. The molecule has 0 radical (unpaired) electrons. The number of rotatable bonds is 12. The molecule has 1 unspecified atom stereocenters. The maximum Gasteiger partial charge on any atom is 0.238 e. The molecule has 3 aromatic carbocycles. The molecule has 1 saturated carbocycles. The minimum absolute atomic E-state index is 0.140. The highest BCUT2D eigenvalue weighted by atomic mass is 35.5. The van der Waals surface area contributed by atoms with Crippen LogP contribution in [-0.2, 0) is 4.79 Å². The molecule has 5 rings (SSSR count). The number of aromatic nitrogens is 4. The van der Waals surface area contributed by atoms with Crippen LogP contribution in [0.5, 0.6) is 17.2 Å². The third-order valence-corrected chi connectivity index (χ3v) is 7.33. The second kappa shape index (κ2) is 13.9. The molecule has 40 heavy (non-hydrogen) atoms. The van der Waals surface area contributed by atoms with Gasteiger partial charge in [-0.05, 0) is 67.3 Å². The van der Waals surface area contributed by atoms with Gasteiger partial charge in [0.25, 0.3) is 0 Å². The summed E-state index contributed by atoms with van der Waals surface area (Å²) in [7, 11) is 0. The molecule has 1 atom stereocenters. The number of H-pyrrole nitrogens is 1. The Bertz CT molecular complexity index is 1330. The summed E-state index contributed by atoms with van der Waals surface area (Å²) in [6.07, 6.45) is 5.91. The van der Waals surface area contributed by atoms with E-state index >= 15 is 0 Å². The number of carbonyl (C=O) groups is 1. The Morgan fingerprint density at radius 1 is 0.975 bits per heavy atom. The summed E-state index contributed by atoms with van der Waals surface area (Å²) in [5, 5.41) is 18.4. The molecule has 0 saturated heterocycles. The maximum absolute atomic E-state index is 13.3. The summed E-state index contributed by atoms with van der Waals surface area (Å²) in [5.41, 5.74) is 0.687.